The van der Waals surface area contributed by atoms with E-state index in [-0.39, 0.29) is 17.0 Å². The van der Waals surface area contributed by atoms with Gasteiger partial charge in [0, 0.05) is 0 Å². The van der Waals surface area contributed by atoms with Crippen LogP contribution in [-0.2, 0) is 0 Å². The standard InChI is InChI=1S/C24H42NO2.BrH/c1-5-6-7-8-9-10-11-12-13-14-17-25(3,4)18-19-27-24-16-15-22(2)20-23(24)21-26;/h15-16,20-21H,5-14,17-19H2,1-4H3;1H/q+1;/p-1. The first-order valence-corrected chi connectivity index (χ1v) is 11.0. The molecule has 0 saturated carbocycles. The van der Waals surface area contributed by atoms with Crippen molar-refractivity contribution in [2.45, 2.75) is 78.1 Å². The van der Waals surface area contributed by atoms with Crippen LogP contribution in [0.2, 0.25) is 0 Å². The average Bonchev–Trinajstić information content (AvgIpc) is 2.64. The molecule has 0 bridgehead atoms. The lowest BCUT2D eigenvalue weighted by atomic mass is 10.1. The molecule has 0 unspecified atom stereocenters. The Kier molecular flexibility index (Phi) is 15.5. The molecular weight excluding hydrogens is 414 g/mol. The van der Waals surface area contributed by atoms with E-state index in [0.717, 1.165) is 22.9 Å². The summed E-state index contributed by atoms with van der Waals surface area (Å²) in [6.45, 7) is 7.06. The van der Waals surface area contributed by atoms with Gasteiger partial charge in [-0.3, -0.25) is 4.79 Å². The Balaban J connectivity index is 0.00000729. The van der Waals surface area contributed by atoms with Gasteiger partial charge in [-0.1, -0.05) is 69.9 Å². The van der Waals surface area contributed by atoms with Gasteiger partial charge >= 0.3 is 0 Å². The third-order valence-corrected chi connectivity index (χ3v) is 5.36. The smallest absolute Gasteiger partial charge is 0.153 e. The second kappa shape index (κ2) is 16.0. The molecule has 3 nitrogen and oxygen atoms in total. The lowest BCUT2D eigenvalue weighted by Gasteiger charge is -2.29. The summed E-state index contributed by atoms with van der Waals surface area (Å²) in [5.74, 6) is 0.703. The van der Waals surface area contributed by atoms with E-state index in [2.05, 4.69) is 21.0 Å². The van der Waals surface area contributed by atoms with Crippen LogP contribution in [0.1, 0.15) is 87.1 Å². The minimum absolute atomic E-state index is 0. The molecule has 0 N–H and O–H groups in total. The maximum Gasteiger partial charge on any atom is 0.153 e. The van der Waals surface area contributed by atoms with Gasteiger partial charge in [-0.2, -0.15) is 0 Å². The van der Waals surface area contributed by atoms with Gasteiger partial charge < -0.3 is 26.2 Å². The van der Waals surface area contributed by atoms with Crippen LogP contribution in [0.25, 0.3) is 0 Å². The molecular formula is C24H42BrNO2. The number of aldehydes is 1. The molecule has 0 saturated heterocycles. The fraction of sp³-hybridized carbons (Fsp3) is 0.708. The molecule has 0 atom stereocenters. The van der Waals surface area contributed by atoms with Crippen LogP contribution < -0.4 is 21.7 Å². The summed E-state index contributed by atoms with van der Waals surface area (Å²) in [5, 5.41) is 0. The summed E-state index contributed by atoms with van der Waals surface area (Å²) in [4.78, 5) is 11.2. The Morgan fingerprint density at radius 1 is 0.893 bits per heavy atom. The van der Waals surface area contributed by atoms with Crippen molar-refractivity contribution in [1.29, 1.82) is 0 Å². The molecule has 0 heterocycles. The zero-order valence-electron chi connectivity index (χ0n) is 18.6. The van der Waals surface area contributed by atoms with Crippen molar-refractivity contribution in [2.75, 3.05) is 33.8 Å². The third-order valence-electron chi connectivity index (χ3n) is 5.36. The fourth-order valence-corrected chi connectivity index (χ4v) is 3.43. The van der Waals surface area contributed by atoms with Crippen LogP contribution in [0.4, 0.5) is 0 Å². The number of nitrogens with zero attached hydrogens (tertiary/aromatic N) is 1. The molecule has 28 heavy (non-hydrogen) atoms. The third kappa shape index (κ3) is 12.6. The normalized spacial score (nSPS) is 11.1. The number of likely N-dealkylation sites (N-methyl/N-ethyl adjacent to an activating group) is 1. The van der Waals surface area contributed by atoms with Gasteiger partial charge in [-0.05, 0) is 31.9 Å². The van der Waals surface area contributed by atoms with E-state index < -0.39 is 0 Å². The van der Waals surface area contributed by atoms with Crippen molar-refractivity contribution >= 4 is 6.29 Å². The second-order valence-corrected chi connectivity index (χ2v) is 8.57. The number of aryl methyl sites for hydroxylation is 1. The highest BCUT2D eigenvalue weighted by atomic mass is 79.9. The van der Waals surface area contributed by atoms with Crippen LogP contribution in [0.15, 0.2) is 18.2 Å². The van der Waals surface area contributed by atoms with Crippen LogP contribution in [0.3, 0.4) is 0 Å². The molecule has 1 aromatic carbocycles. The molecule has 0 radical (unpaired) electrons. The topological polar surface area (TPSA) is 26.3 Å². The number of rotatable bonds is 16. The molecule has 4 heteroatoms. The van der Waals surface area contributed by atoms with Gasteiger partial charge in [0.25, 0.3) is 0 Å². The SMILES string of the molecule is CCCCCCCCCCCC[N+](C)(C)CCOc1ccc(C)cc1C=O.[Br-]. The monoisotopic (exact) mass is 455 g/mol. The molecule has 0 aliphatic heterocycles. The second-order valence-electron chi connectivity index (χ2n) is 8.57. The number of hydrogen-bond acceptors (Lipinski definition) is 2. The minimum Gasteiger partial charge on any atom is -1.00 e. The largest absolute Gasteiger partial charge is 1.00 e. The summed E-state index contributed by atoms with van der Waals surface area (Å²) in [5.41, 5.74) is 1.73. The molecule has 0 fully saturated rings. The highest BCUT2D eigenvalue weighted by Crippen LogP contribution is 2.18. The predicted molar refractivity (Wildman–Crippen MR) is 116 cm³/mol. The van der Waals surface area contributed by atoms with Crippen molar-refractivity contribution in [3.63, 3.8) is 0 Å². The van der Waals surface area contributed by atoms with Crippen LogP contribution >= 0.6 is 0 Å². The summed E-state index contributed by atoms with van der Waals surface area (Å²) < 4.78 is 6.84. The van der Waals surface area contributed by atoms with Crippen molar-refractivity contribution in [3.8, 4) is 5.75 Å². The number of quaternary nitrogens is 1. The molecule has 0 amide bonds. The zero-order chi connectivity index (χ0) is 20.0. The van der Waals surface area contributed by atoms with Gasteiger partial charge in [-0.15, -0.1) is 0 Å². The molecule has 0 aliphatic rings. The molecule has 1 rings (SSSR count). The number of carbonyl (C=O) groups is 1. The van der Waals surface area contributed by atoms with Crippen molar-refractivity contribution < 1.29 is 31.0 Å². The van der Waals surface area contributed by atoms with Crippen molar-refractivity contribution in [3.05, 3.63) is 29.3 Å². The number of halogens is 1. The lowest BCUT2D eigenvalue weighted by molar-refractivity contribution is -0.890. The molecule has 1 aromatic rings. The number of benzene rings is 1. The average molecular weight is 457 g/mol. The van der Waals surface area contributed by atoms with E-state index in [1.165, 1.54) is 70.8 Å². The summed E-state index contributed by atoms with van der Waals surface area (Å²) in [7, 11) is 4.54. The Morgan fingerprint density at radius 3 is 2.04 bits per heavy atom. The first-order chi connectivity index (χ1) is 13.0. The maximum atomic E-state index is 11.2. The Morgan fingerprint density at radius 2 is 1.46 bits per heavy atom. The van der Waals surface area contributed by atoms with Gasteiger partial charge in [0.05, 0.1) is 26.2 Å². The van der Waals surface area contributed by atoms with Crippen LogP contribution in [0, 0.1) is 6.92 Å². The van der Waals surface area contributed by atoms with Gasteiger partial charge in [0.1, 0.15) is 18.9 Å². The van der Waals surface area contributed by atoms with E-state index in [1.807, 2.05) is 25.1 Å². The Labute approximate surface area is 184 Å². The minimum atomic E-state index is 0. The Hall–Kier alpha value is -0.870. The molecule has 0 spiro atoms. The van der Waals surface area contributed by atoms with Crippen LogP contribution in [0.5, 0.6) is 5.75 Å². The van der Waals surface area contributed by atoms with E-state index in [0.29, 0.717) is 17.9 Å². The molecule has 162 valence electrons. The summed E-state index contributed by atoms with van der Waals surface area (Å²) >= 11 is 0. The van der Waals surface area contributed by atoms with Crippen molar-refractivity contribution in [1.82, 2.24) is 0 Å². The fourth-order valence-electron chi connectivity index (χ4n) is 3.43. The highest BCUT2D eigenvalue weighted by Gasteiger charge is 2.15. The van der Waals surface area contributed by atoms with E-state index in [4.69, 9.17) is 4.74 Å². The van der Waals surface area contributed by atoms with E-state index >= 15 is 0 Å². The Bertz CT molecular complexity index is 531. The quantitative estimate of drug-likeness (QED) is 0.217. The predicted octanol–water partition coefficient (Wildman–Crippen LogP) is 3.19. The van der Waals surface area contributed by atoms with E-state index in [1.54, 1.807) is 0 Å². The first-order valence-electron chi connectivity index (χ1n) is 11.0. The summed E-state index contributed by atoms with van der Waals surface area (Å²) in [6.07, 6.45) is 14.7. The number of unbranched alkanes of at least 4 members (excludes halogenated alkanes) is 9. The number of hydrogen-bond donors (Lipinski definition) is 0. The summed E-state index contributed by atoms with van der Waals surface area (Å²) in [6, 6.07) is 5.78. The van der Waals surface area contributed by atoms with Gasteiger partial charge in [-0.25, -0.2) is 0 Å². The first kappa shape index (κ1) is 27.1. The van der Waals surface area contributed by atoms with Crippen LogP contribution in [-0.4, -0.2) is 44.6 Å². The molecule has 0 aliphatic carbocycles. The lowest BCUT2D eigenvalue weighted by Crippen LogP contribution is -3.00. The zero-order valence-corrected chi connectivity index (χ0v) is 20.2. The van der Waals surface area contributed by atoms with Gasteiger partial charge in [0.2, 0.25) is 0 Å². The maximum absolute atomic E-state index is 11.2. The van der Waals surface area contributed by atoms with Gasteiger partial charge in [0.15, 0.2) is 6.29 Å². The molecule has 0 aromatic heterocycles. The van der Waals surface area contributed by atoms with Crippen molar-refractivity contribution in [2.24, 2.45) is 0 Å². The number of carbonyl (C=O) groups excluding carboxylic acids is 1. The number of ether oxygens (including phenoxy) is 1. The van der Waals surface area contributed by atoms with E-state index in [9.17, 15) is 4.79 Å². The highest BCUT2D eigenvalue weighted by molar-refractivity contribution is 5.79.